The second-order valence-corrected chi connectivity index (χ2v) is 12.4. The largest absolute Gasteiger partial charge is 0.462 e. The highest BCUT2D eigenvalue weighted by atomic mass is 32.1. The summed E-state index contributed by atoms with van der Waals surface area (Å²) in [4.78, 5) is 31.5. The van der Waals surface area contributed by atoms with E-state index in [0.29, 0.717) is 23.5 Å². The van der Waals surface area contributed by atoms with Gasteiger partial charge in [0.15, 0.2) is 11.5 Å². The van der Waals surface area contributed by atoms with Crippen LogP contribution in [-0.2, 0) is 15.7 Å². The number of nitrogens with zero attached hydrogens (tertiary/aromatic N) is 4. The minimum atomic E-state index is -4.86. The molecule has 240 valence electrons. The van der Waals surface area contributed by atoms with Crippen LogP contribution < -0.4 is 0 Å². The van der Waals surface area contributed by atoms with Crippen LogP contribution in [0.3, 0.4) is 0 Å². The quantitative estimate of drug-likeness (QED) is 0.187. The molecule has 4 heterocycles. The molecule has 5 rings (SSSR count). The molecule has 12 heteroatoms. The van der Waals surface area contributed by atoms with E-state index in [9.17, 15) is 22.8 Å². The van der Waals surface area contributed by atoms with E-state index >= 15 is 0 Å². The first-order valence-electron chi connectivity index (χ1n) is 14.7. The molecule has 0 N–H and O–H groups in total. The van der Waals surface area contributed by atoms with Crippen LogP contribution in [0.4, 0.5) is 18.0 Å². The lowest BCUT2D eigenvalue weighted by atomic mass is 9.98. The van der Waals surface area contributed by atoms with Crippen LogP contribution in [0.2, 0.25) is 0 Å². The van der Waals surface area contributed by atoms with E-state index < -0.39 is 29.0 Å². The first kappa shape index (κ1) is 32.7. The Kier molecular flexibility index (Phi) is 9.47. The number of halogens is 3. The second kappa shape index (κ2) is 13.3. The first-order chi connectivity index (χ1) is 21.8. The molecule has 8 nitrogen and oxygen atoms in total. The number of hydrogen-bond donors (Lipinski definition) is 0. The van der Waals surface area contributed by atoms with Gasteiger partial charge in [0.05, 0.1) is 23.4 Å². The summed E-state index contributed by atoms with van der Waals surface area (Å²) in [6, 6.07) is 14.7. The van der Waals surface area contributed by atoms with E-state index in [1.54, 1.807) is 17.0 Å². The average molecular weight is 651 g/mol. The molecular formula is C34H33F3N4O4S. The number of benzene rings is 1. The summed E-state index contributed by atoms with van der Waals surface area (Å²) in [7, 11) is 0. The lowest BCUT2D eigenvalue weighted by Gasteiger charge is -2.29. The molecule has 3 aromatic heterocycles. The number of esters is 1. The number of alkyl halides is 3. The highest BCUT2D eigenvalue weighted by Crippen LogP contribution is 2.35. The molecule has 0 saturated heterocycles. The Balaban J connectivity index is 1.32. The predicted molar refractivity (Wildman–Crippen MR) is 171 cm³/mol. The summed E-state index contributed by atoms with van der Waals surface area (Å²) in [6.07, 6.45) is 2.34. The van der Waals surface area contributed by atoms with Crippen molar-refractivity contribution in [2.45, 2.75) is 45.9 Å². The van der Waals surface area contributed by atoms with Gasteiger partial charge in [0.25, 0.3) is 0 Å². The van der Waals surface area contributed by atoms with Gasteiger partial charge in [0.2, 0.25) is 0 Å². The lowest BCUT2D eigenvalue weighted by molar-refractivity contribution is -0.143. The number of carbonyl (C=O) groups is 2. The van der Waals surface area contributed by atoms with Crippen LogP contribution in [0.1, 0.15) is 66.9 Å². The molecule has 0 bridgehead atoms. The van der Waals surface area contributed by atoms with Gasteiger partial charge < -0.3 is 14.4 Å². The standard InChI is InChI=1S/C34H33F3N4O4S/c1-5-44-31(42)26-21-38-41(30(26)34(35,36)37)28-8-6-7-27(39-28)29-25(17-20-46-29)14-11-22-9-12-23(13-10-22)24-15-18-40(19-16-24)32(43)45-33(2,3)4/h6-15,17,20-21H,5,16,18-19H2,1-4H3. The summed E-state index contributed by atoms with van der Waals surface area (Å²) >= 11 is 1.41. The van der Waals surface area contributed by atoms with Crippen molar-refractivity contribution >= 4 is 41.1 Å². The van der Waals surface area contributed by atoms with Crippen molar-refractivity contribution in [3.8, 4) is 16.4 Å². The topological polar surface area (TPSA) is 86.6 Å². The van der Waals surface area contributed by atoms with Crippen molar-refractivity contribution < 1.29 is 32.2 Å². The van der Waals surface area contributed by atoms with Crippen LogP contribution >= 0.6 is 11.3 Å². The Bertz CT molecular complexity index is 1780. The van der Waals surface area contributed by atoms with Gasteiger partial charge in [-0.1, -0.05) is 48.6 Å². The van der Waals surface area contributed by atoms with Crippen molar-refractivity contribution in [2.75, 3.05) is 19.7 Å². The maximum atomic E-state index is 14.0. The summed E-state index contributed by atoms with van der Waals surface area (Å²) in [5.41, 5.74) is 2.08. The van der Waals surface area contributed by atoms with Crippen molar-refractivity contribution in [1.29, 1.82) is 0 Å². The smallest absolute Gasteiger partial charge is 0.434 e. The summed E-state index contributed by atoms with van der Waals surface area (Å²) < 4.78 is 53.0. The minimum Gasteiger partial charge on any atom is -0.462 e. The van der Waals surface area contributed by atoms with Gasteiger partial charge in [-0.15, -0.1) is 11.3 Å². The third-order valence-corrected chi connectivity index (χ3v) is 7.96. The molecule has 0 fully saturated rings. The minimum absolute atomic E-state index is 0.0673. The van der Waals surface area contributed by atoms with Gasteiger partial charge in [-0.3, -0.25) is 0 Å². The van der Waals surface area contributed by atoms with E-state index in [1.807, 2.05) is 68.6 Å². The Labute approximate surface area is 268 Å². The maximum Gasteiger partial charge on any atom is 0.434 e. The molecule has 4 aromatic rings. The molecule has 1 aromatic carbocycles. The Morgan fingerprint density at radius 3 is 2.46 bits per heavy atom. The van der Waals surface area contributed by atoms with Crippen LogP contribution in [0.5, 0.6) is 0 Å². The van der Waals surface area contributed by atoms with Crippen molar-refractivity contribution in [3.63, 3.8) is 0 Å². The lowest BCUT2D eigenvalue weighted by Crippen LogP contribution is -2.39. The SMILES string of the molecule is CCOC(=O)c1cnn(-c2cccc(-c3sccc3C=Cc3ccc(C4=CCN(C(=O)OC(C)(C)C)CC4)cc3)n2)c1C(F)(F)F. The first-order valence-corrected chi connectivity index (χ1v) is 15.5. The van der Waals surface area contributed by atoms with Crippen LogP contribution in [0.25, 0.3) is 34.1 Å². The van der Waals surface area contributed by atoms with E-state index in [0.717, 1.165) is 34.2 Å². The Hall–Kier alpha value is -4.71. The van der Waals surface area contributed by atoms with E-state index in [1.165, 1.54) is 29.9 Å². The zero-order valence-electron chi connectivity index (χ0n) is 25.8. The molecular weight excluding hydrogens is 617 g/mol. The van der Waals surface area contributed by atoms with Crippen molar-refractivity contribution in [2.24, 2.45) is 0 Å². The molecule has 1 aliphatic rings. The van der Waals surface area contributed by atoms with Gasteiger partial charge in [-0.05, 0) is 80.0 Å². The fourth-order valence-electron chi connectivity index (χ4n) is 4.90. The number of carbonyl (C=O) groups excluding carboxylic acids is 2. The molecule has 0 saturated carbocycles. The molecule has 0 unspecified atom stereocenters. The van der Waals surface area contributed by atoms with Crippen LogP contribution in [-0.4, -0.2) is 57.0 Å². The van der Waals surface area contributed by atoms with E-state index in [4.69, 9.17) is 9.47 Å². The highest BCUT2D eigenvalue weighted by molar-refractivity contribution is 7.13. The highest BCUT2D eigenvalue weighted by Gasteiger charge is 2.41. The molecule has 0 radical (unpaired) electrons. The van der Waals surface area contributed by atoms with Gasteiger partial charge >= 0.3 is 18.2 Å². The molecule has 0 aliphatic carbocycles. The number of ether oxygens (including phenoxy) is 2. The van der Waals surface area contributed by atoms with Gasteiger partial charge in [0.1, 0.15) is 11.2 Å². The molecule has 46 heavy (non-hydrogen) atoms. The summed E-state index contributed by atoms with van der Waals surface area (Å²) in [5, 5.41) is 5.72. The van der Waals surface area contributed by atoms with Gasteiger partial charge in [-0.2, -0.15) is 18.3 Å². The average Bonchev–Trinajstić information content (AvgIpc) is 3.68. The molecule has 1 aliphatic heterocycles. The number of thiophene rings is 1. The van der Waals surface area contributed by atoms with E-state index in [-0.39, 0.29) is 18.5 Å². The molecule has 1 amide bonds. The van der Waals surface area contributed by atoms with Crippen molar-refractivity contribution in [3.05, 3.63) is 94.1 Å². The number of pyridine rings is 1. The molecule has 0 spiro atoms. The number of rotatable bonds is 7. The van der Waals surface area contributed by atoms with Crippen LogP contribution in [0, 0.1) is 0 Å². The van der Waals surface area contributed by atoms with Crippen molar-refractivity contribution in [1.82, 2.24) is 19.7 Å². The van der Waals surface area contributed by atoms with Gasteiger partial charge in [-0.25, -0.2) is 19.3 Å². The van der Waals surface area contributed by atoms with E-state index in [2.05, 4.69) is 16.2 Å². The van der Waals surface area contributed by atoms with Gasteiger partial charge in [0, 0.05) is 13.1 Å². The molecule has 0 atom stereocenters. The Morgan fingerprint density at radius 2 is 1.80 bits per heavy atom. The van der Waals surface area contributed by atoms with Crippen LogP contribution in [0.15, 0.2) is 66.2 Å². The Morgan fingerprint density at radius 1 is 1.04 bits per heavy atom. The number of aromatic nitrogens is 3. The monoisotopic (exact) mass is 650 g/mol. The zero-order valence-corrected chi connectivity index (χ0v) is 26.6. The second-order valence-electron chi connectivity index (χ2n) is 11.5. The zero-order chi connectivity index (χ0) is 33.1. The maximum absolute atomic E-state index is 14.0. The normalized spacial score (nSPS) is 14.0. The fraction of sp³-hybridized carbons (Fsp3) is 0.294. The summed E-state index contributed by atoms with van der Waals surface area (Å²) in [5.74, 6) is -1.18. The number of hydrogen-bond acceptors (Lipinski definition) is 7. The summed E-state index contributed by atoms with van der Waals surface area (Å²) in [6.45, 7) is 8.08. The number of amides is 1. The third-order valence-electron chi connectivity index (χ3n) is 7.01. The predicted octanol–water partition coefficient (Wildman–Crippen LogP) is 8.39. The fourth-order valence-corrected chi connectivity index (χ4v) is 5.75. The third kappa shape index (κ3) is 7.56.